The van der Waals surface area contributed by atoms with Crippen LogP contribution in [0.4, 0.5) is 5.69 Å². The summed E-state index contributed by atoms with van der Waals surface area (Å²) in [5, 5.41) is 12.6. The molecule has 1 amide bonds. The highest BCUT2D eigenvalue weighted by Crippen LogP contribution is 2.31. The predicted octanol–water partition coefficient (Wildman–Crippen LogP) is 4.16. The molecule has 25 heavy (non-hydrogen) atoms. The van der Waals surface area contributed by atoms with Gasteiger partial charge in [-0.3, -0.25) is 9.59 Å². The molecule has 0 aromatic heterocycles. The zero-order valence-corrected chi connectivity index (χ0v) is 13.4. The number of carboxylic acid groups (broad SMARTS) is 1. The molecule has 4 nitrogen and oxygen atoms in total. The molecule has 3 rings (SSSR count). The molecule has 0 fully saturated rings. The van der Waals surface area contributed by atoms with Crippen LogP contribution < -0.4 is 5.32 Å². The van der Waals surface area contributed by atoms with Crippen LogP contribution in [-0.2, 0) is 4.79 Å². The van der Waals surface area contributed by atoms with Gasteiger partial charge in [-0.15, -0.1) is 0 Å². The molecule has 124 valence electrons. The van der Waals surface area contributed by atoms with Gasteiger partial charge in [0.05, 0.1) is 0 Å². The number of carbonyl (C=O) groups excluding carboxylic acids is 1. The summed E-state index contributed by atoms with van der Waals surface area (Å²) in [6, 6.07) is 24.8. The second-order valence-electron chi connectivity index (χ2n) is 5.59. The highest BCUT2D eigenvalue weighted by atomic mass is 16.4. The van der Waals surface area contributed by atoms with Crippen molar-refractivity contribution in [2.45, 2.75) is 5.92 Å². The Kier molecular flexibility index (Phi) is 4.90. The van der Waals surface area contributed by atoms with E-state index in [9.17, 15) is 14.7 Å². The summed E-state index contributed by atoms with van der Waals surface area (Å²) in [5.41, 5.74) is 2.22. The molecule has 1 unspecified atom stereocenters. The largest absolute Gasteiger partial charge is 0.481 e. The molecule has 0 radical (unpaired) electrons. The summed E-state index contributed by atoms with van der Waals surface area (Å²) in [7, 11) is 0. The number of anilines is 1. The van der Waals surface area contributed by atoms with Gasteiger partial charge in [0.2, 0.25) is 0 Å². The van der Waals surface area contributed by atoms with Gasteiger partial charge >= 0.3 is 5.97 Å². The Bertz CT molecular complexity index is 876. The van der Waals surface area contributed by atoms with Gasteiger partial charge in [-0.05, 0) is 29.3 Å². The van der Waals surface area contributed by atoms with E-state index in [0.29, 0.717) is 22.4 Å². The molecule has 0 bridgehead atoms. The lowest BCUT2D eigenvalue weighted by Gasteiger charge is -2.18. The van der Waals surface area contributed by atoms with Crippen molar-refractivity contribution in [1.82, 2.24) is 0 Å². The lowest BCUT2D eigenvalue weighted by Crippen LogP contribution is -2.18. The van der Waals surface area contributed by atoms with Crippen LogP contribution in [-0.4, -0.2) is 17.0 Å². The van der Waals surface area contributed by atoms with Gasteiger partial charge in [-0.2, -0.15) is 0 Å². The van der Waals surface area contributed by atoms with Gasteiger partial charge in [0.15, 0.2) is 0 Å². The van der Waals surface area contributed by atoms with Crippen LogP contribution >= 0.6 is 0 Å². The number of aliphatic carboxylic acids is 1. The van der Waals surface area contributed by atoms with Crippen LogP contribution in [0.15, 0.2) is 84.9 Å². The molecule has 0 aliphatic carbocycles. The Hall–Kier alpha value is -3.40. The van der Waals surface area contributed by atoms with E-state index >= 15 is 0 Å². The molecule has 0 saturated carbocycles. The van der Waals surface area contributed by atoms with Crippen LogP contribution in [0.25, 0.3) is 0 Å². The number of carbonyl (C=O) groups is 2. The molecule has 0 saturated heterocycles. The maximum Gasteiger partial charge on any atom is 0.315 e. The monoisotopic (exact) mass is 331 g/mol. The summed E-state index contributed by atoms with van der Waals surface area (Å²) in [6.45, 7) is 0. The van der Waals surface area contributed by atoms with Gasteiger partial charge < -0.3 is 10.4 Å². The Morgan fingerprint density at radius 2 is 1.32 bits per heavy atom. The van der Waals surface area contributed by atoms with Gasteiger partial charge in [-0.1, -0.05) is 66.7 Å². The van der Waals surface area contributed by atoms with Gasteiger partial charge in [0.25, 0.3) is 5.91 Å². The minimum absolute atomic E-state index is 0.273. The van der Waals surface area contributed by atoms with E-state index in [1.807, 2.05) is 12.1 Å². The first-order valence-electron chi connectivity index (χ1n) is 7.90. The third-order valence-electron chi connectivity index (χ3n) is 3.94. The minimum Gasteiger partial charge on any atom is -0.481 e. The smallest absolute Gasteiger partial charge is 0.315 e. The van der Waals surface area contributed by atoms with Crippen molar-refractivity contribution < 1.29 is 14.7 Å². The zero-order valence-electron chi connectivity index (χ0n) is 13.4. The summed E-state index contributed by atoms with van der Waals surface area (Å²) in [6.07, 6.45) is 0. The number of hydrogen-bond donors (Lipinski definition) is 2. The fourth-order valence-electron chi connectivity index (χ4n) is 2.75. The molecular formula is C21H17NO3. The lowest BCUT2D eigenvalue weighted by atomic mass is 9.90. The zero-order chi connectivity index (χ0) is 17.6. The fraction of sp³-hybridized carbons (Fsp3) is 0.0476. The third kappa shape index (κ3) is 3.75. The summed E-state index contributed by atoms with van der Waals surface area (Å²) in [4.78, 5) is 24.3. The van der Waals surface area contributed by atoms with Crippen LogP contribution in [0.1, 0.15) is 27.4 Å². The van der Waals surface area contributed by atoms with Crippen molar-refractivity contribution in [3.05, 3.63) is 102 Å². The van der Waals surface area contributed by atoms with Gasteiger partial charge in [-0.25, -0.2) is 0 Å². The van der Waals surface area contributed by atoms with Crippen LogP contribution in [0.2, 0.25) is 0 Å². The average Bonchev–Trinajstić information content (AvgIpc) is 2.64. The van der Waals surface area contributed by atoms with Crippen LogP contribution in [0.3, 0.4) is 0 Å². The van der Waals surface area contributed by atoms with E-state index in [2.05, 4.69) is 5.32 Å². The maximum absolute atomic E-state index is 12.4. The fourth-order valence-corrected chi connectivity index (χ4v) is 2.75. The molecule has 4 heteroatoms. The van der Waals surface area contributed by atoms with Gasteiger partial charge in [0, 0.05) is 11.3 Å². The second-order valence-corrected chi connectivity index (χ2v) is 5.59. The van der Waals surface area contributed by atoms with E-state index in [1.165, 1.54) is 0 Å². The highest BCUT2D eigenvalue weighted by molar-refractivity contribution is 6.05. The molecule has 1 atom stereocenters. The van der Waals surface area contributed by atoms with Gasteiger partial charge in [0.1, 0.15) is 5.92 Å². The lowest BCUT2D eigenvalue weighted by molar-refractivity contribution is -0.137. The predicted molar refractivity (Wildman–Crippen MR) is 96.8 cm³/mol. The topological polar surface area (TPSA) is 66.4 Å². The summed E-state index contributed by atoms with van der Waals surface area (Å²) >= 11 is 0. The number of hydrogen-bond acceptors (Lipinski definition) is 2. The third-order valence-corrected chi connectivity index (χ3v) is 3.94. The Balaban J connectivity index is 1.97. The van der Waals surface area contributed by atoms with Crippen molar-refractivity contribution >= 4 is 17.6 Å². The number of benzene rings is 3. The van der Waals surface area contributed by atoms with E-state index in [0.717, 1.165) is 0 Å². The maximum atomic E-state index is 12.4. The van der Waals surface area contributed by atoms with E-state index < -0.39 is 11.9 Å². The Labute approximate surface area is 145 Å². The Morgan fingerprint density at radius 3 is 1.96 bits per heavy atom. The van der Waals surface area contributed by atoms with E-state index in [1.54, 1.807) is 72.8 Å². The van der Waals surface area contributed by atoms with Crippen molar-refractivity contribution in [2.75, 3.05) is 5.32 Å². The molecule has 3 aromatic carbocycles. The number of carboxylic acids is 1. The molecular weight excluding hydrogens is 314 g/mol. The second kappa shape index (κ2) is 7.45. The molecule has 0 aliphatic rings. The molecule has 0 heterocycles. The quantitative estimate of drug-likeness (QED) is 0.738. The van der Waals surface area contributed by atoms with Crippen LogP contribution in [0, 0.1) is 0 Å². The standard InChI is InChI=1S/C21H17NO3/c23-20(16-11-5-2-6-12-16)22-18-14-8-7-13-17(18)19(21(24)25)15-9-3-1-4-10-15/h1-14,19H,(H,22,23)(H,24,25). The first kappa shape index (κ1) is 16.5. The number of nitrogens with one attached hydrogen (secondary N) is 1. The van der Waals surface area contributed by atoms with Crippen molar-refractivity contribution in [2.24, 2.45) is 0 Å². The normalized spacial score (nSPS) is 11.5. The average molecular weight is 331 g/mol. The first-order valence-corrected chi connectivity index (χ1v) is 7.90. The van der Waals surface area contributed by atoms with E-state index in [-0.39, 0.29) is 5.91 Å². The number of amides is 1. The van der Waals surface area contributed by atoms with Crippen molar-refractivity contribution in [3.63, 3.8) is 0 Å². The highest BCUT2D eigenvalue weighted by Gasteiger charge is 2.25. The number of rotatable bonds is 5. The molecule has 3 aromatic rings. The van der Waals surface area contributed by atoms with Crippen molar-refractivity contribution in [1.29, 1.82) is 0 Å². The number of para-hydroxylation sites is 1. The SMILES string of the molecule is O=C(Nc1ccccc1C(C(=O)O)c1ccccc1)c1ccccc1. The molecule has 0 spiro atoms. The minimum atomic E-state index is -0.965. The summed E-state index contributed by atoms with van der Waals surface area (Å²) < 4.78 is 0. The molecule has 2 N–H and O–H groups in total. The molecule has 0 aliphatic heterocycles. The summed E-state index contributed by atoms with van der Waals surface area (Å²) in [5.74, 6) is -2.09. The Morgan fingerprint density at radius 1 is 0.760 bits per heavy atom. The van der Waals surface area contributed by atoms with E-state index in [4.69, 9.17) is 0 Å². The van der Waals surface area contributed by atoms with Crippen LogP contribution in [0.5, 0.6) is 0 Å². The first-order chi connectivity index (χ1) is 12.2. The van der Waals surface area contributed by atoms with Crippen molar-refractivity contribution in [3.8, 4) is 0 Å².